The number of anilines is 1. The maximum atomic E-state index is 13.8. The smallest absolute Gasteiger partial charge is 0.229 e. The lowest BCUT2D eigenvalue weighted by molar-refractivity contribution is -0.131. The predicted octanol–water partition coefficient (Wildman–Crippen LogP) is 4.45. The number of hydrogen-bond donors (Lipinski definition) is 0. The number of nitrogens with zero attached hydrogens (tertiary/aromatic N) is 4. The van der Waals surface area contributed by atoms with Crippen LogP contribution < -0.4 is 14.4 Å². The normalized spacial score (nSPS) is 15.2. The fourth-order valence-electron chi connectivity index (χ4n) is 4.55. The highest BCUT2D eigenvalue weighted by Gasteiger charge is 2.28. The molecule has 182 valence electrons. The van der Waals surface area contributed by atoms with Crippen molar-refractivity contribution in [2.75, 3.05) is 31.6 Å². The fourth-order valence-corrected chi connectivity index (χ4v) is 4.55. The minimum atomic E-state index is -0.282. The third-order valence-corrected chi connectivity index (χ3v) is 6.61. The van der Waals surface area contributed by atoms with Gasteiger partial charge in [0, 0.05) is 26.1 Å². The van der Waals surface area contributed by atoms with Gasteiger partial charge in [0.2, 0.25) is 17.7 Å². The van der Waals surface area contributed by atoms with Crippen LogP contribution in [0.5, 0.6) is 17.4 Å². The predicted molar refractivity (Wildman–Crippen MR) is 131 cm³/mol. The van der Waals surface area contributed by atoms with Gasteiger partial charge >= 0.3 is 0 Å². The van der Waals surface area contributed by atoms with Gasteiger partial charge < -0.3 is 19.3 Å². The number of aromatic nitrogens is 2. The standard InChI is InChI=1S/C27H29FN4O3/c1-18-15-21(9-10-23(18)28)35-26-22-17-32(25(33)16-19-5-7-20(34-2)8-6-19)14-11-24(22)29-27(30-26)31-12-3-4-13-31/h5-10,15H,3-4,11-14,16-17H2,1-2H3. The Morgan fingerprint density at radius 3 is 2.49 bits per heavy atom. The first-order valence-corrected chi connectivity index (χ1v) is 12.0. The zero-order chi connectivity index (χ0) is 24.4. The van der Waals surface area contributed by atoms with Gasteiger partial charge in [0.1, 0.15) is 17.3 Å². The largest absolute Gasteiger partial charge is 0.497 e. The molecular weight excluding hydrogens is 447 g/mol. The third-order valence-electron chi connectivity index (χ3n) is 6.61. The maximum absolute atomic E-state index is 13.8. The minimum Gasteiger partial charge on any atom is -0.497 e. The molecule has 0 saturated carbocycles. The van der Waals surface area contributed by atoms with Gasteiger partial charge in [-0.1, -0.05) is 12.1 Å². The molecule has 3 heterocycles. The van der Waals surface area contributed by atoms with Crippen LogP contribution in [-0.4, -0.2) is 47.5 Å². The summed E-state index contributed by atoms with van der Waals surface area (Å²) < 4.78 is 25.2. The molecule has 8 heteroatoms. The molecule has 2 aliphatic rings. The molecule has 35 heavy (non-hydrogen) atoms. The summed E-state index contributed by atoms with van der Waals surface area (Å²) in [5, 5.41) is 0. The maximum Gasteiger partial charge on any atom is 0.229 e. The summed E-state index contributed by atoms with van der Waals surface area (Å²) in [4.78, 5) is 26.7. The van der Waals surface area contributed by atoms with Crippen LogP contribution in [0.1, 0.15) is 35.2 Å². The summed E-state index contributed by atoms with van der Waals surface area (Å²) in [6.45, 7) is 4.50. The van der Waals surface area contributed by atoms with Gasteiger partial charge in [0.05, 0.1) is 31.3 Å². The lowest BCUT2D eigenvalue weighted by Crippen LogP contribution is -2.38. The third kappa shape index (κ3) is 5.06. The van der Waals surface area contributed by atoms with E-state index in [1.165, 1.54) is 6.07 Å². The lowest BCUT2D eigenvalue weighted by atomic mass is 10.0. The molecule has 5 rings (SSSR count). The van der Waals surface area contributed by atoms with Crippen molar-refractivity contribution >= 4 is 11.9 Å². The number of fused-ring (bicyclic) bond motifs is 1. The highest BCUT2D eigenvalue weighted by Crippen LogP contribution is 2.33. The number of benzene rings is 2. The number of rotatable bonds is 6. The van der Waals surface area contributed by atoms with Crippen LogP contribution in [0.15, 0.2) is 42.5 Å². The summed E-state index contributed by atoms with van der Waals surface area (Å²) in [7, 11) is 1.62. The summed E-state index contributed by atoms with van der Waals surface area (Å²) in [5.41, 5.74) is 3.15. The molecule has 1 saturated heterocycles. The van der Waals surface area contributed by atoms with Gasteiger partial charge in [0.15, 0.2) is 0 Å². The van der Waals surface area contributed by atoms with Crippen LogP contribution in [0.2, 0.25) is 0 Å². The molecule has 2 aromatic carbocycles. The average molecular weight is 477 g/mol. The van der Waals surface area contributed by atoms with Gasteiger partial charge in [-0.3, -0.25) is 4.79 Å². The second-order valence-electron chi connectivity index (χ2n) is 9.05. The molecule has 0 unspecified atom stereocenters. The monoisotopic (exact) mass is 476 g/mol. The van der Waals surface area contributed by atoms with Crippen molar-refractivity contribution in [1.82, 2.24) is 14.9 Å². The van der Waals surface area contributed by atoms with Gasteiger partial charge in [-0.25, -0.2) is 9.37 Å². The van der Waals surface area contributed by atoms with Gasteiger partial charge in [-0.15, -0.1) is 0 Å². The summed E-state index contributed by atoms with van der Waals surface area (Å²) in [5.74, 6) is 2.12. The molecule has 1 amide bonds. The van der Waals surface area contributed by atoms with E-state index in [9.17, 15) is 9.18 Å². The number of amides is 1. The van der Waals surface area contributed by atoms with Crippen LogP contribution >= 0.6 is 0 Å². The van der Waals surface area contributed by atoms with Gasteiger partial charge in [0.25, 0.3) is 0 Å². The molecule has 0 aliphatic carbocycles. The van der Waals surface area contributed by atoms with E-state index < -0.39 is 0 Å². The van der Waals surface area contributed by atoms with Crippen molar-refractivity contribution in [2.45, 2.75) is 39.2 Å². The van der Waals surface area contributed by atoms with E-state index in [-0.39, 0.29) is 11.7 Å². The van der Waals surface area contributed by atoms with Crippen molar-refractivity contribution in [2.24, 2.45) is 0 Å². The molecule has 0 bridgehead atoms. The van der Waals surface area contributed by atoms with Gasteiger partial charge in [-0.05, 0) is 61.2 Å². The Hall–Kier alpha value is -3.68. The molecular formula is C27H29FN4O3. The Bertz CT molecular complexity index is 1230. The SMILES string of the molecule is COc1ccc(CC(=O)N2CCc3nc(N4CCCC4)nc(Oc4ccc(F)c(C)c4)c3C2)cc1. The van der Waals surface area contributed by atoms with E-state index >= 15 is 0 Å². The Kier molecular flexibility index (Phi) is 6.53. The summed E-state index contributed by atoms with van der Waals surface area (Å²) in [6.07, 6.45) is 3.16. The van der Waals surface area contributed by atoms with E-state index in [0.717, 1.165) is 48.5 Å². The van der Waals surface area contributed by atoms with E-state index in [1.54, 1.807) is 26.2 Å². The molecule has 3 aromatic rings. The second kappa shape index (κ2) is 9.90. The minimum absolute atomic E-state index is 0.0352. The highest BCUT2D eigenvalue weighted by molar-refractivity contribution is 5.79. The van der Waals surface area contributed by atoms with Crippen molar-refractivity contribution in [1.29, 1.82) is 0 Å². The average Bonchev–Trinajstić information content (AvgIpc) is 3.41. The molecule has 0 radical (unpaired) electrons. The lowest BCUT2D eigenvalue weighted by Gasteiger charge is -2.30. The van der Waals surface area contributed by atoms with Gasteiger partial charge in [-0.2, -0.15) is 4.98 Å². The number of methoxy groups -OCH3 is 1. The fraction of sp³-hybridized carbons (Fsp3) is 0.370. The molecule has 0 atom stereocenters. The number of aryl methyl sites for hydroxylation is 1. The number of ether oxygens (including phenoxy) is 2. The first-order valence-electron chi connectivity index (χ1n) is 12.0. The number of halogens is 1. The molecule has 1 fully saturated rings. The molecule has 7 nitrogen and oxygen atoms in total. The van der Waals surface area contributed by atoms with E-state index in [2.05, 4.69) is 4.90 Å². The Balaban J connectivity index is 1.41. The van der Waals surface area contributed by atoms with Crippen molar-refractivity contribution < 1.29 is 18.7 Å². The first kappa shape index (κ1) is 23.1. The number of hydrogen-bond acceptors (Lipinski definition) is 6. The van der Waals surface area contributed by atoms with Crippen molar-refractivity contribution in [3.05, 3.63) is 70.7 Å². The molecule has 1 aromatic heterocycles. The highest BCUT2D eigenvalue weighted by atomic mass is 19.1. The van der Waals surface area contributed by atoms with Crippen LogP contribution in [0, 0.1) is 12.7 Å². The first-order chi connectivity index (χ1) is 17.0. The number of carbonyl (C=O) groups is 1. The van der Waals surface area contributed by atoms with E-state index in [4.69, 9.17) is 19.4 Å². The van der Waals surface area contributed by atoms with Crippen molar-refractivity contribution in [3.8, 4) is 17.4 Å². The zero-order valence-corrected chi connectivity index (χ0v) is 20.1. The Morgan fingerprint density at radius 1 is 1.03 bits per heavy atom. The Morgan fingerprint density at radius 2 is 1.77 bits per heavy atom. The zero-order valence-electron chi connectivity index (χ0n) is 20.1. The topological polar surface area (TPSA) is 67.8 Å². The number of carbonyl (C=O) groups excluding carboxylic acids is 1. The quantitative estimate of drug-likeness (QED) is 0.524. The molecule has 0 spiro atoms. The van der Waals surface area contributed by atoms with E-state index in [1.807, 2.05) is 29.2 Å². The molecule has 2 aliphatic heterocycles. The molecule has 0 N–H and O–H groups in total. The summed E-state index contributed by atoms with van der Waals surface area (Å²) >= 11 is 0. The summed E-state index contributed by atoms with van der Waals surface area (Å²) in [6, 6.07) is 12.2. The van der Waals surface area contributed by atoms with Crippen LogP contribution in [0.4, 0.5) is 10.3 Å². The van der Waals surface area contributed by atoms with Crippen LogP contribution in [-0.2, 0) is 24.2 Å². The van der Waals surface area contributed by atoms with Crippen molar-refractivity contribution in [3.63, 3.8) is 0 Å². The van der Waals surface area contributed by atoms with E-state index in [0.29, 0.717) is 49.1 Å². The van der Waals surface area contributed by atoms with Crippen LogP contribution in [0.3, 0.4) is 0 Å². The van der Waals surface area contributed by atoms with Crippen LogP contribution in [0.25, 0.3) is 0 Å². The second-order valence-corrected chi connectivity index (χ2v) is 9.05. The Labute approximate surface area is 204 Å².